The van der Waals surface area contributed by atoms with E-state index in [2.05, 4.69) is 5.32 Å². The van der Waals surface area contributed by atoms with E-state index in [1.54, 1.807) is 4.90 Å². The number of rotatable bonds is 5. The molecule has 0 radical (unpaired) electrons. The molecule has 0 aromatic rings. The predicted molar refractivity (Wildman–Crippen MR) is 69.8 cm³/mol. The molecule has 2 fully saturated rings. The molecule has 2 N–H and O–H groups in total. The first-order valence-corrected chi connectivity index (χ1v) is 6.40. The third kappa shape index (κ3) is 3.85. The third-order valence-electron chi connectivity index (χ3n) is 3.81. The second kappa shape index (κ2) is 6.95. The summed E-state index contributed by atoms with van der Waals surface area (Å²) in [6.07, 6.45) is 5.22. The SMILES string of the molecule is Cl.O=C(CN1CCC[C@H]1C(=O)O)NCC1CCC1. The molecule has 18 heavy (non-hydrogen) atoms. The Morgan fingerprint density at radius 2 is 1.94 bits per heavy atom. The van der Waals surface area contributed by atoms with Crippen molar-refractivity contribution in [1.29, 1.82) is 0 Å². The summed E-state index contributed by atoms with van der Waals surface area (Å²) in [5, 5.41) is 11.9. The van der Waals surface area contributed by atoms with Crippen LogP contribution in [0, 0.1) is 5.92 Å². The van der Waals surface area contributed by atoms with Crippen LogP contribution >= 0.6 is 12.4 Å². The van der Waals surface area contributed by atoms with Gasteiger partial charge in [-0.15, -0.1) is 12.4 Å². The molecule has 1 amide bonds. The lowest BCUT2D eigenvalue weighted by atomic mass is 9.85. The number of carbonyl (C=O) groups is 2. The van der Waals surface area contributed by atoms with Gasteiger partial charge in [-0.05, 0) is 38.1 Å². The number of hydrogen-bond donors (Lipinski definition) is 2. The Balaban J connectivity index is 0.00000162. The number of likely N-dealkylation sites (tertiary alicyclic amines) is 1. The average molecular weight is 277 g/mol. The summed E-state index contributed by atoms with van der Waals surface area (Å²) in [5.74, 6) is -0.202. The number of aliphatic carboxylic acids is 1. The lowest BCUT2D eigenvalue weighted by Crippen LogP contribution is -2.44. The topological polar surface area (TPSA) is 69.6 Å². The first kappa shape index (κ1) is 15.2. The number of halogens is 1. The number of nitrogens with one attached hydrogen (secondary N) is 1. The number of carboxylic acids is 1. The van der Waals surface area contributed by atoms with Crippen LogP contribution in [0.4, 0.5) is 0 Å². The van der Waals surface area contributed by atoms with Crippen molar-refractivity contribution in [2.24, 2.45) is 5.92 Å². The van der Waals surface area contributed by atoms with Crippen molar-refractivity contribution in [3.63, 3.8) is 0 Å². The second-order valence-corrected chi connectivity index (χ2v) is 5.07. The number of amides is 1. The molecular weight excluding hydrogens is 256 g/mol. The molecule has 1 saturated heterocycles. The van der Waals surface area contributed by atoms with E-state index in [4.69, 9.17) is 5.11 Å². The summed E-state index contributed by atoms with van der Waals surface area (Å²) in [6.45, 7) is 1.70. The molecule has 0 aromatic heterocycles. The van der Waals surface area contributed by atoms with Gasteiger partial charge in [0.2, 0.25) is 5.91 Å². The molecule has 1 aliphatic heterocycles. The molecule has 5 nitrogen and oxygen atoms in total. The number of carboxylic acid groups (broad SMARTS) is 1. The number of carbonyl (C=O) groups excluding carboxylic acids is 1. The van der Waals surface area contributed by atoms with Gasteiger partial charge < -0.3 is 10.4 Å². The van der Waals surface area contributed by atoms with Crippen LogP contribution in [0.3, 0.4) is 0 Å². The maximum absolute atomic E-state index is 11.7. The molecule has 2 rings (SSSR count). The van der Waals surface area contributed by atoms with Crippen LogP contribution in [-0.4, -0.2) is 47.6 Å². The average Bonchev–Trinajstić information content (AvgIpc) is 2.63. The number of hydrogen-bond acceptors (Lipinski definition) is 3. The van der Waals surface area contributed by atoms with Crippen LogP contribution in [0.25, 0.3) is 0 Å². The maximum atomic E-state index is 11.7. The highest BCUT2D eigenvalue weighted by Gasteiger charge is 2.31. The minimum Gasteiger partial charge on any atom is -0.480 e. The Hall–Kier alpha value is -0.810. The van der Waals surface area contributed by atoms with Crippen LogP contribution < -0.4 is 5.32 Å². The lowest BCUT2D eigenvalue weighted by molar-refractivity contribution is -0.142. The smallest absolute Gasteiger partial charge is 0.320 e. The summed E-state index contributed by atoms with van der Waals surface area (Å²) >= 11 is 0. The summed E-state index contributed by atoms with van der Waals surface area (Å²) in [5.41, 5.74) is 0. The monoisotopic (exact) mass is 276 g/mol. The normalized spacial score (nSPS) is 24.1. The van der Waals surface area contributed by atoms with Gasteiger partial charge in [-0.3, -0.25) is 14.5 Å². The predicted octanol–water partition coefficient (Wildman–Crippen LogP) is 0.873. The van der Waals surface area contributed by atoms with Crippen LogP contribution in [0.5, 0.6) is 0 Å². The first-order valence-electron chi connectivity index (χ1n) is 6.40. The zero-order valence-electron chi connectivity index (χ0n) is 10.4. The quantitative estimate of drug-likeness (QED) is 0.782. The van der Waals surface area contributed by atoms with E-state index in [1.165, 1.54) is 19.3 Å². The van der Waals surface area contributed by atoms with Gasteiger partial charge in [0.05, 0.1) is 6.54 Å². The highest BCUT2D eigenvalue weighted by Crippen LogP contribution is 2.25. The summed E-state index contributed by atoms with van der Waals surface area (Å²) < 4.78 is 0. The van der Waals surface area contributed by atoms with Gasteiger partial charge in [0.15, 0.2) is 0 Å². The van der Waals surface area contributed by atoms with Gasteiger partial charge in [-0.25, -0.2) is 0 Å². The zero-order chi connectivity index (χ0) is 12.3. The fraction of sp³-hybridized carbons (Fsp3) is 0.833. The second-order valence-electron chi connectivity index (χ2n) is 5.07. The van der Waals surface area contributed by atoms with E-state index < -0.39 is 12.0 Å². The Morgan fingerprint density at radius 3 is 2.50 bits per heavy atom. The van der Waals surface area contributed by atoms with Gasteiger partial charge >= 0.3 is 5.97 Å². The van der Waals surface area contributed by atoms with Crippen molar-refractivity contribution < 1.29 is 14.7 Å². The Labute approximate surface area is 113 Å². The Morgan fingerprint density at radius 1 is 1.22 bits per heavy atom. The van der Waals surface area contributed by atoms with Crippen LogP contribution in [-0.2, 0) is 9.59 Å². The Kier molecular flexibility index (Phi) is 5.88. The third-order valence-corrected chi connectivity index (χ3v) is 3.81. The van der Waals surface area contributed by atoms with Crippen molar-refractivity contribution in [1.82, 2.24) is 10.2 Å². The molecule has 2 aliphatic rings. The minimum absolute atomic E-state index is 0. The van der Waals surface area contributed by atoms with E-state index >= 15 is 0 Å². The van der Waals surface area contributed by atoms with E-state index in [1.807, 2.05) is 0 Å². The summed E-state index contributed by atoms with van der Waals surface area (Å²) in [4.78, 5) is 24.4. The first-order chi connectivity index (χ1) is 8.16. The molecule has 0 spiro atoms. The lowest BCUT2D eigenvalue weighted by Gasteiger charge is -2.26. The highest BCUT2D eigenvalue weighted by atomic mass is 35.5. The minimum atomic E-state index is -0.811. The molecule has 104 valence electrons. The van der Waals surface area contributed by atoms with Crippen molar-refractivity contribution in [2.75, 3.05) is 19.6 Å². The van der Waals surface area contributed by atoms with Crippen molar-refractivity contribution in [3.05, 3.63) is 0 Å². The van der Waals surface area contributed by atoms with Crippen molar-refractivity contribution in [3.8, 4) is 0 Å². The van der Waals surface area contributed by atoms with Crippen molar-refractivity contribution >= 4 is 24.3 Å². The summed E-state index contributed by atoms with van der Waals surface area (Å²) in [7, 11) is 0. The van der Waals surface area contributed by atoms with Crippen LogP contribution in [0.2, 0.25) is 0 Å². The molecule has 0 unspecified atom stereocenters. The molecule has 1 aliphatic carbocycles. The fourth-order valence-electron chi connectivity index (χ4n) is 2.49. The van der Waals surface area contributed by atoms with Gasteiger partial charge in [-0.1, -0.05) is 6.42 Å². The van der Waals surface area contributed by atoms with Gasteiger partial charge in [0.25, 0.3) is 0 Å². The maximum Gasteiger partial charge on any atom is 0.320 e. The van der Waals surface area contributed by atoms with Gasteiger partial charge in [0.1, 0.15) is 6.04 Å². The molecule has 1 atom stereocenters. The standard InChI is InChI=1S/C12H20N2O3.ClH/c15-11(13-7-9-3-1-4-9)8-14-6-2-5-10(14)12(16)17;/h9-10H,1-8H2,(H,13,15)(H,16,17);1H/t10-;/m0./s1. The fourth-order valence-corrected chi connectivity index (χ4v) is 2.49. The molecular formula is C12H21ClN2O3. The molecule has 1 saturated carbocycles. The summed E-state index contributed by atoms with van der Waals surface area (Å²) in [6, 6.07) is -0.468. The molecule has 6 heteroatoms. The van der Waals surface area contributed by atoms with E-state index in [-0.39, 0.29) is 24.9 Å². The van der Waals surface area contributed by atoms with E-state index in [0.29, 0.717) is 18.9 Å². The van der Waals surface area contributed by atoms with Crippen LogP contribution in [0.1, 0.15) is 32.1 Å². The van der Waals surface area contributed by atoms with Gasteiger partial charge in [0, 0.05) is 6.54 Å². The van der Waals surface area contributed by atoms with Crippen LogP contribution in [0.15, 0.2) is 0 Å². The molecule has 1 heterocycles. The largest absolute Gasteiger partial charge is 0.480 e. The van der Waals surface area contributed by atoms with Crippen molar-refractivity contribution in [2.45, 2.75) is 38.1 Å². The van der Waals surface area contributed by atoms with E-state index in [0.717, 1.165) is 13.0 Å². The highest BCUT2D eigenvalue weighted by molar-refractivity contribution is 5.85. The number of nitrogens with zero attached hydrogens (tertiary/aromatic N) is 1. The Bertz CT molecular complexity index is 308. The van der Waals surface area contributed by atoms with Gasteiger partial charge in [-0.2, -0.15) is 0 Å². The van der Waals surface area contributed by atoms with E-state index in [9.17, 15) is 9.59 Å². The zero-order valence-corrected chi connectivity index (χ0v) is 11.2. The molecule has 0 aromatic carbocycles. The molecule has 0 bridgehead atoms.